The maximum atomic E-state index is 13.0. The largest absolute Gasteiger partial charge is 0.417 e. The molecule has 0 heterocycles. The number of alkyl halides is 3. The predicted octanol–water partition coefficient (Wildman–Crippen LogP) is 2.04. The van der Waals surface area contributed by atoms with E-state index in [1.165, 1.54) is 6.07 Å². The number of sulfonamides is 1. The molecule has 1 fully saturated rings. The second-order valence-electron chi connectivity index (χ2n) is 5.11. The summed E-state index contributed by atoms with van der Waals surface area (Å²) in [5, 5.41) is 8.64. The van der Waals surface area contributed by atoms with Gasteiger partial charge >= 0.3 is 6.18 Å². The Morgan fingerprint density at radius 1 is 1.41 bits per heavy atom. The molecule has 1 aromatic carbocycles. The molecular formula is C13H11F3N2O3S. The minimum Gasteiger partial charge on any atom is -0.274 e. The zero-order chi connectivity index (χ0) is 16.7. The van der Waals surface area contributed by atoms with E-state index < -0.39 is 38.5 Å². The van der Waals surface area contributed by atoms with Crippen molar-refractivity contribution in [3.05, 3.63) is 29.3 Å². The standard InChI is InChI=1S/C13H11F3N2O3S/c1-7-4-9(7)12(19)18-22(20,21)11-3-2-8(6-17)5-10(11)13(14,15)16/h2-3,5,7,9H,4H2,1H3,(H,18,19)/t7-,9-/m0/s1. The lowest BCUT2D eigenvalue weighted by atomic mass is 10.1. The molecule has 9 heteroatoms. The van der Waals surface area contributed by atoms with Gasteiger partial charge in [0.2, 0.25) is 5.91 Å². The van der Waals surface area contributed by atoms with E-state index in [9.17, 15) is 26.4 Å². The highest BCUT2D eigenvalue weighted by Crippen LogP contribution is 2.39. The third kappa shape index (κ3) is 3.22. The lowest BCUT2D eigenvalue weighted by Crippen LogP contribution is -2.33. The normalized spacial score (nSPS) is 21.0. The summed E-state index contributed by atoms with van der Waals surface area (Å²) in [5.41, 5.74) is -1.80. The fourth-order valence-corrected chi connectivity index (χ4v) is 3.24. The van der Waals surface area contributed by atoms with Gasteiger partial charge in [0.15, 0.2) is 0 Å². The Labute approximate surface area is 124 Å². The van der Waals surface area contributed by atoms with Gasteiger partial charge in [-0.15, -0.1) is 0 Å². The summed E-state index contributed by atoms with van der Waals surface area (Å²) in [7, 11) is -4.66. The number of hydrogen-bond donors (Lipinski definition) is 1. The lowest BCUT2D eigenvalue weighted by molar-refractivity contribution is -0.140. The molecule has 1 saturated carbocycles. The zero-order valence-corrected chi connectivity index (χ0v) is 12.1. The molecule has 0 aliphatic heterocycles. The molecule has 1 aliphatic carbocycles. The van der Waals surface area contributed by atoms with E-state index in [1.807, 2.05) is 0 Å². The summed E-state index contributed by atoms with van der Waals surface area (Å²) in [6.45, 7) is 1.74. The Hall–Kier alpha value is -2.08. The van der Waals surface area contributed by atoms with Crippen LogP contribution >= 0.6 is 0 Å². The number of nitrogens with zero attached hydrogens (tertiary/aromatic N) is 1. The monoisotopic (exact) mass is 332 g/mol. The number of halogens is 3. The molecular weight excluding hydrogens is 321 g/mol. The smallest absolute Gasteiger partial charge is 0.274 e. The van der Waals surface area contributed by atoms with Crippen LogP contribution in [0.5, 0.6) is 0 Å². The number of nitrogens with one attached hydrogen (secondary N) is 1. The van der Waals surface area contributed by atoms with Crippen molar-refractivity contribution in [2.45, 2.75) is 24.4 Å². The zero-order valence-electron chi connectivity index (χ0n) is 11.3. The number of rotatable bonds is 3. The summed E-state index contributed by atoms with van der Waals surface area (Å²) in [6.07, 6.45) is -4.46. The van der Waals surface area contributed by atoms with Gasteiger partial charge < -0.3 is 0 Å². The van der Waals surface area contributed by atoms with Crippen LogP contribution in [0.2, 0.25) is 0 Å². The summed E-state index contributed by atoms with van der Waals surface area (Å²) in [6, 6.07) is 3.58. The number of carbonyl (C=O) groups excluding carboxylic acids is 1. The average Bonchev–Trinajstić information content (AvgIpc) is 3.14. The molecule has 118 valence electrons. The molecule has 22 heavy (non-hydrogen) atoms. The molecule has 2 atom stereocenters. The molecule has 0 saturated heterocycles. The second-order valence-corrected chi connectivity index (χ2v) is 6.76. The highest BCUT2D eigenvalue weighted by atomic mass is 32.2. The second kappa shape index (κ2) is 5.28. The molecule has 0 unspecified atom stereocenters. The Morgan fingerprint density at radius 2 is 2.00 bits per heavy atom. The molecule has 0 spiro atoms. The maximum Gasteiger partial charge on any atom is 0.417 e. The minimum absolute atomic E-state index is 0.0123. The predicted molar refractivity (Wildman–Crippen MR) is 68.8 cm³/mol. The fourth-order valence-electron chi connectivity index (χ4n) is 2.01. The van der Waals surface area contributed by atoms with Gasteiger partial charge in [0.05, 0.1) is 22.1 Å². The first-order chi connectivity index (χ1) is 10.1. The van der Waals surface area contributed by atoms with Gasteiger partial charge in [0.1, 0.15) is 0 Å². The molecule has 1 N–H and O–H groups in total. The number of hydrogen-bond acceptors (Lipinski definition) is 4. The van der Waals surface area contributed by atoms with Gasteiger partial charge in [-0.05, 0) is 30.5 Å². The van der Waals surface area contributed by atoms with E-state index in [1.54, 1.807) is 11.6 Å². The Morgan fingerprint density at radius 3 is 2.45 bits per heavy atom. The summed E-state index contributed by atoms with van der Waals surface area (Å²) < 4.78 is 64.7. The average molecular weight is 332 g/mol. The highest BCUT2D eigenvalue weighted by molar-refractivity contribution is 7.90. The molecule has 2 rings (SSSR count). The molecule has 0 aromatic heterocycles. The van der Waals surface area contributed by atoms with E-state index in [2.05, 4.69) is 0 Å². The van der Waals surface area contributed by atoms with E-state index in [0.29, 0.717) is 18.6 Å². The number of nitriles is 1. The van der Waals surface area contributed by atoms with Crippen molar-refractivity contribution in [3.63, 3.8) is 0 Å². The van der Waals surface area contributed by atoms with Crippen molar-refractivity contribution >= 4 is 15.9 Å². The van der Waals surface area contributed by atoms with Crippen LogP contribution in [0.4, 0.5) is 13.2 Å². The van der Waals surface area contributed by atoms with Gasteiger partial charge in [-0.25, -0.2) is 13.1 Å². The lowest BCUT2D eigenvalue weighted by Gasteiger charge is -2.14. The van der Waals surface area contributed by atoms with Crippen molar-refractivity contribution < 1.29 is 26.4 Å². The number of amides is 1. The third-order valence-corrected chi connectivity index (χ3v) is 4.79. The van der Waals surface area contributed by atoms with E-state index >= 15 is 0 Å². The van der Waals surface area contributed by atoms with Crippen LogP contribution < -0.4 is 4.72 Å². The quantitative estimate of drug-likeness (QED) is 0.917. The Balaban J connectivity index is 2.42. The molecule has 1 aromatic rings. The van der Waals surface area contributed by atoms with E-state index in [4.69, 9.17) is 5.26 Å². The molecule has 5 nitrogen and oxygen atoms in total. The summed E-state index contributed by atoms with van der Waals surface area (Å²) in [5.74, 6) is -1.30. The highest BCUT2D eigenvalue weighted by Gasteiger charge is 2.42. The summed E-state index contributed by atoms with van der Waals surface area (Å²) >= 11 is 0. The topological polar surface area (TPSA) is 87.0 Å². The van der Waals surface area contributed by atoms with Crippen LogP contribution in [0.1, 0.15) is 24.5 Å². The van der Waals surface area contributed by atoms with Gasteiger partial charge in [-0.3, -0.25) is 4.79 Å². The van der Waals surface area contributed by atoms with Crippen LogP contribution in [0, 0.1) is 23.2 Å². The fraction of sp³-hybridized carbons (Fsp3) is 0.385. The maximum absolute atomic E-state index is 13.0. The molecule has 1 amide bonds. The van der Waals surface area contributed by atoms with Crippen LogP contribution in [0.25, 0.3) is 0 Å². The van der Waals surface area contributed by atoms with Crippen molar-refractivity contribution in [2.24, 2.45) is 11.8 Å². The Bertz CT molecular complexity index is 766. The SMILES string of the molecule is C[C@H]1C[C@@H]1C(=O)NS(=O)(=O)c1ccc(C#N)cc1C(F)(F)F. The van der Waals surface area contributed by atoms with Crippen molar-refractivity contribution in [1.29, 1.82) is 5.26 Å². The van der Waals surface area contributed by atoms with Crippen LogP contribution in [0.15, 0.2) is 23.1 Å². The van der Waals surface area contributed by atoms with Crippen LogP contribution in [-0.2, 0) is 21.0 Å². The first kappa shape index (κ1) is 16.3. The van der Waals surface area contributed by atoms with Crippen LogP contribution in [-0.4, -0.2) is 14.3 Å². The first-order valence-electron chi connectivity index (χ1n) is 6.24. The van der Waals surface area contributed by atoms with Gasteiger partial charge in [-0.2, -0.15) is 18.4 Å². The van der Waals surface area contributed by atoms with E-state index in [-0.39, 0.29) is 11.5 Å². The molecule has 0 radical (unpaired) electrons. The van der Waals surface area contributed by atoms with Crippen molar-refractivity contribution in [2.75, 3.05) is 0 Å². The van der Waals surface area contributed by atoms with Gasteiger partial charge in [0.25, 0.3) is 10.0 Å². The minimum atomic E-state index is -4.97. The van der Waals surface area contributed by atoms with Gasteiger partial charge in [0, 0.05) is 5.92 Å². The third-order valence-electron chi connectivity index (χ3n) is 3.38. The first-order valence-corrected chi connectivity index (χ1v) is 7.72. The molecule has 1 aliphatic rings. The van der Waals surface area contributed by atoms with Crippen LogP contribution in [0.3, 0.4) is 0 Å². The van der Waals surface area contributed by atoms with E-state index in [0.717, 1.165) is 6.07 Å². The number of benzene rings is 1. The summed E-state index contributed by atoms with van der Waals surface area (Å²) in [4.78, 5) is 10.6. The Kier molecular flexibility index (Phi) is 3.91. The van der Waals surface area contributed by atoms with Crippen molar-refractivity contribution in [1.82, 2.24) is 4.72 Å². The van der Waals surface area contributed by atoms with Gasteiger partial charge in [-0.1, -0.05) is 6.92 Å². The van der Waals surface area contributed by atoms with Crippen molar-refractivity contribution in [3.8, 4) is 6.07 Å². The molecule has 0 bridgehead atoms. The number of carbonyl (C=O) groups is 1.